The molecule has 0 aliphatic carbocycles. The number of benzene rings is 1. The van der Waals surface area contributed by atoms with Crippen LogP contribution in [-0.2, 0) is 5.41 Å². The zero-order chi connectivity index (χ0) is 13.6. The highest BCUT2D eigenvalue weighted by Crippen LogP contribution is 2.36. The van der Waals surface area contributed by atoms with Crippen LogP contribution in [0.5, 0.6) is 0 Å². The first kappa shape index (κ1) is 15.2. The van der Waals surface area contributed by atoms with Gasteiger partial charge >= 0.3 is 0 Å². The van der Waals surface area contributed by atoms with Crippen molar-refractivity contribution in [3.63, 3.8) is 0 Å². The Morgan fingerprint density at radius 3 is 2.33 bits per heavy atom. The lowest BCUT2D eigenvalue weighted by atomic mass is 9.74. The monoisotopic (exact) mass is 250 g/mol. The fourth-order valence-electron chi connectivity index (χ4n) is 2.82. The normalized spacial score (nSPS) is 14.5. The summed E-state index contributed by atoms with van der Waals surface area (Å²) in [5.74, 6) is -0.0255. The summed E-state index contributed by atoms with van der Waals surface area (Å²) in [6.45, 7) is 8.56. The van der Waals surface area contributed by atoms with Gasteiger partial charge in [-0.15, -0.1) is 0 Å². The second-order valence-corrected chi connectivity index (χ2v) is 5.75. The highest BCUT2D eigenvalue weighted by Gasteiger charge is 2.27. The fourth-order valence-corrected chi connectivity index (χ4v) is 2.82. The van der Waals surface area contributed by atoms with Crippen molar-refractivity contribution >= 4 is 0 Å². The highest BCUT2D eigenvalue weighted by atomic mass is 19.1. The van der Waals surface area contributed by atoms with Crippen LogP contribution in [0.15, 0.2) is 18.2 Å². The SMILES string of the molecule is CCCCCC(C)(CCC)c1ccc(C)cc1F. The van der Waals surface area contributed by atoms with Gasteiger partial charge in [-0.1, -0.05) is 58.6 Å². The number of hydrogen-bond donors (Lipinski definition) is 0. The van der Waals surface area contributed by atoms with Crippen molar-refractivity contribution in [3.05, 3.63) is 35.1 Å². The number of aryl methyl sites for hydroxylation is 1. The average Bonchev–Trinajstić information content (AvgIpc) is 2.29. The maximum absolute atomic E-state index is 14.2. The number of hydrogen-bond acceptors (Lipinski definition) is 0. The molecule has 0 aliphatic rings. The van der Waals surface area contributed by atoms with E-state index < -0.39 is 0 Å². The predicted molar refractivity (Wildman–Crippen MR) is 77.5 cm³/mol. The second kappa shape index (κ2) is 6.92. The minimum absolute atomic E-state index is 0.00169. The van der Waals surface area contributed by atoms with Gasteiger partial charge in [-0.3, -0.25) is 0 Å². The van der Waals surface area contributed by atoms with Gasteiger partial charge in [0, 0.05) is 0 Å². The summed E-state index contributed by atoms with van der Waals surface area (Å²) in [7, 11) is 0. The molecule has 0 aromatic heterocycles. The smallest absolute Gasteiger partial charge is 0.127 e. The van der Waals surface area contributed by atoms with E-state index in [1.165, 1.54) is 19.3 Å². The van der Waals surface area contributed by atoms with Crippen LogP contribution in [0.1, 0.15) is 70.4 Å². The van der Waals surface area contributed by atoms with Gasteiger partial charge in [0.25, 0.3) is 0 Å². The Morgan fingerprint density at radius 2 is 1.78 bits per heavy atom. The molecule has 1 aromatic carbocycles. The Bertz CT molecular complexity index is 370. The van der Waals surface area contributed by atoms with Crippen molar-refractivity contribution in [2.45, 2.75) is 71.6 Å². The summed E-state index contributed by atoms with van der Waals surface area (Å²) in [6.07, 6.45) is 6.92. The quantitative estimate of drug-likeness (QED) is 0.539. The number of halogens is 1. The molecule has 0 amide bonds. The van der Waals surface area contributed by atoms with Gasteiger partial charge in [0.1, 0.15) is 5.82 Å². The molecule has 102 valence electrons. The summed E-state index contributed by atoms with van der Waals surface area (Å²) in [5, 5.41) is 0. The van der Waals surface area contributed by atoms with Crippen LogP contribution in [0.25, 0.3) is 0 Å². The van der Waals surface area contributed by atoms with E-state index in [2.05, 4.69) is 20.8 Å². The van der Waals surface area contributed by atoms with E-state index >= 15 is 0 Å². The standard InChI is InChI=1S/C17H27F/c1-5-7-8-12-17(4,11-6-2)15-10-9-14(3)13-16(15)18/h9-10,13H,5-8,11-12H2,1-4H3. The molecule has 0 saturated heterocycles. The van der Waals surface area contributed by atoms with Gasteiger partial charge in [0.05, 0.1) is 0 Å². The molecule has 0 fully saturated rings. The van der Waals surface area contributed by atoms with Crippen LogP contribution in [0.3, 0.4) is 0 Å². The summed E-state index contributed by atoms with van der Waals surface area (Å²) in [4.78, 5) is 0. The summed E-state index contributed by atoms with van der Waals surface area (Å²) >= 11 is 0. The lowest BCUT2D eigenvalue weighted by Crippen LogP contribution is -2.23. The largest absolute Gasteiger partial charge is 0.207 e. The molecule has 0 nitrogen and oxygen atoms in total. The van der Waals surface area contributed by atoms with Gasteiger partial charge in [-0.05, 0) is 42.4 Å². The van der Waals surface area contributed by atoms with Gasteiger partial charge in [-0.2, -0.15) is 0 Å². The second-order valence-electron chi connectivity index (χ2n) is 5.75. The molecule has 0 N–H and O–H groups in total. The average molecular weight is 250 g/mol. The molecule has 1 unspecified atom stereocenters. The van der Waals surface area contributed by atoms with Crippen LogP contribution in [0.2, 0.25) is 0 Å². The molecule has 0 aliphatic heterocycles. The summed E-state index contributed by atoms with van der Waals surface area (Å²) in [5.41, 5.74) is 1.91. The van der Waals surface area contributed by atoms with E-state index in [4.69, 9.17) is 0 Å². The van der Waals surface area contributed by atoms with Crippen molar-refractivity contribution in [3.8, 4) is 0 Å². The minimum atomic E-state index is -0.0255. The maximum Gasteiger partial charge on any atom is 0.127 e. The Balaban J connectivity index is 2.94. The van der Waals surface area contributed by atoms with Gasteiger partial charge in [0.2, 0.25) is 0 Å². The van der Waals surface area contributed by atoms with Crippen LogP contribution < -0.4 is 0 Å². The van der Waals surface area contributed by atoms with E-state index in [1.54, 1.807) is 6.07 Å². The van der Waals surface area contributed by atoms with Crippen LogP contribution in [0.4, 0.5) is 4.39 Å². The third-order valence-electron chi connectivity index (χ3n) is 3.91. The number of rotatable bonds is 7. The van der Waals surface area contributed by atoms with Crippen molar-refractivity contribution in [1.82, 2.24) is 0 Å². The topological polar surface area (TPSA) is 0 Å². The van der Waals surface area contributed by atoms with Crippen LogP contribution in [0, 0.1) is 12.7 Å². The molecule has 1 rings (SSSR count). The number of unbranched alkanes of at least 4 members (excludes halogenated alkanes) is 2. The van der Waals surface area contributed by atoms with Crippen molar-refractivity contribution in [2.75, 3.05) is 0 Å². The molecule has 0 saturated carbocycles. The van der Waals surface area contributed by atoms with Gasteiger partial charge in [0.15, 0.2) is 0 Å². The first-order valence-corrected chi connectivity index (χ1v) is 7.30. The Labute approximate surface area is 112 Å². The molecule has 1 heteroatoms. The minimum Gasteiger partial charge on any atom is -0.207 e. The van der Waals surface area contributed by atoms with E-state index in [0.717, 1.165) is 30.4 Å². The molecular formula is C17H27F. The predicted octanol–water partition coefficient (Wildman–Crippen LogP) is 5.77. The summed E-state index contributed by atoms with van der Waals surface area (Å²) < 4.78 is 14.2. The van der Waals surface area contributed by atoms with Crippen LogP contribution >= 0.6 is 0 Å². The summed E-state index contributed by atoms with van der Waals surface area (Å²) in [6, 6.07) is 5.70. The van der Waals surface area contributed by atoms with E-state index in [-0.39, 0.29) is 11.2 Å². The van der Waals surface area contributed by atoms with E-state index in [1.807, 2.05) is 19.1 Å². The zero-order valence-electron chi connectivity index (χ0n) is 12.4. The Hall–Kier alpha value is -0.850. The molecule has 18 heavy (non-hydrogen) atoms. The maximum atomic E-state index is 14.2. The third-order valence-corrected chi connectivity index (χ3v) is 3.91. The zero-order valence-corrected chi connectivity index (χ0v) is 12.4. The Morgan fingerprint density at radius 1 is 1.06 bits per heavy atom. The van der Waals surface area contributed by atoms with Crippen molar-refractivity contribution in [2.24, 2.45) is 0 Å². The van der Waals surface area contributed by atoms with Gasteiger partial charge < -0.3 is 0 Å². The molecule has 1 atom stereocenters. The molecule has 0 heterocycles. The van der Waals surface area contributed by atoms with Crippen molar-refractivity contribution < 1.29 is 4.39 Å². The first-order valence-electron chi connectivity index (χ1n) is 7.30. The molecular weight excluding hydrogens is 223 g/mol. The Kier molecular flexibility index (Phi) is 5.84. The lowest BCUT2D eigenvalue weighted by Gasteiger charge is -2.30. The first-order chi connectivity index (χ1) is 8.53. The molecule has 0 radical (unpaired) electrons. The van der Waals surface area contributed by atoms with Crippen molar-refractivity contribution in [1.29, 1.82) is 0 Å². The molecule has 0 bridgehead atoms. The third kappa shape index (κ3) is 3.83. The highest BCUT2D eigenvalue weighted by molar-refractivity contribution is 5.30. The van der Waals surface area contributed by atoms with Crippen LogP contribution in [-0.4, -0.2) is 0 Å². The molecule has 1 aromatic rings. The van der Waals surface area contributed by atoms with Gasteiger partial charge in [-0.25, -0.2) is 4.39 Å². The lowest BCUT2D eigenvalue weighted by molar-refractivity contribution is 0.364. The van der Waals surface area contributed by atoms with E-state index in [0.29, 0.717) is 0 Å². The molecule has 0 spiro atoms. The van der Waals surface area contributed by atoms with E-state index in [9.17, 15) is 4.39 Å². The fraction of sp³-hybridized carbons (Fsp3) is 0.647.